The van der Waals surface area contributed by atoms with Gasteiger partial charge in [-0.1, -0.05) is 43.4 Å². The summed E-state index contributed by atoms with van der Waals surface area (Å²) in [5.74, 6) is 0.0573. The summed E-state index contributed by atoms with van der Waals surface area (Å²) in [6.07, 6.45) is 6.14. The second-order valence-electron chi connectivity index (χ2n) is 4.71. The number of halogens is 1. The van der Waals surface area contributed by atoms with E-state index in [1.165, 1.54) is 25.7 Å². The monoisotopic (exact) mass is 268 g/mol. The van der Waals surface area contributed by atoms with Crippen LogP contribution in [0.2, 0.25) is 5.02 Å². The molecule has 1 aromatic rings. The molecule has 1 aliphatic carbocycles. The SMILES string of the molecule is O=C(O)c1c(Cl)cccc1OCCC1CCCC1. The van der Waals surface area contributed by atoms with Crippen LogP contribution in [0.3, 0.4) is 0 Å². The Kier molecular flexibility index (Phi) is 4.48. The predicted octanol–water partition coefficient (Wildman–Crippen LogP) is 4.00. The maximum atomic E-state index is 11.1. The fourth-order valence-corrected chi connectivity index (χ4v) is 2.71. The molecule has 0 radical (unpaired) electrons. The van der Waals surface area contributed by atoms with Gasteiger partial charge in [-0.25, -0.2) is 4.79 Å². The topological polar surface area (TPSA) is 46.5 Å². The summed E-state index contributed by atoms with van der Waals surface area (Å²) in [5.41, 5.74) is 0.0607. The van der Waals surface area contributed by atoms with Crippen LogP contribution in [0.15, 0.2) is 18.2 Å². The van der Waals surface area contributed by atoms with Gasteiger partial charge in [0.25, 0.3) is 0 Å². The molecule has 0 spiro atoms. The van der Waals surface area contributed by atoms with Crippen molar-refractivity contribution in [3.63, 3.8) is 0 Å². The van der Waals surface area contributed by atoms with E-state index in [9.17, 15) is 4.79 Å². The first-order valence-electron chi connectivity index (χ1n) is 6.33. The van der Waals surface area contributed by atoms with E-state index in [4.69, 9.17) is 21.4 Å². The molecule has 1 fully saturated rings. The molecule has 0 bridgehead atoms. The molecule has 0 heterocycles. The molecule has 0 aromatic heterocycles. The van der Waals surface area contributed by atoms with E-state index in [-0.39, 0.29) is 10.6 Å². The second kappa shape index (κ2) is 6.10. The lowest BCUT2D eigenvalue weighted by Gasteiger charge is -2.12. The summed E-state index contributed by atoms with van der Waals surface area (Å²) < 4.78 is 5.58. The fraction of sp³-hybridized carbons (Fsp3) is 0.500. The highest BCUT2D eigenvalue weighted by Gasteiger charge is 2.17. The van der Waals surface area contributed by atoms with E-state index in [1.54, 1.807) is 18.2 Å². The predicted molar refractivity (Wildman–Crippen MR) is 70.5 cm³/mol. The molecule has 0 saturated heterocycles. The van der Waals surface area contributed by atoms with Gasteiger partial charge < -0.3 is 9.84 Å². The van der Waals surface area contributed by atoms with Crippen LogP contribution >= 0.6 is 11.6 Å². The summed E-state index contributed by atoms with van der Waals surface area (Å²) in [6, 6.07) is 4.93. The fourth-order valence-electron chi connectivity index (χ4n) is 2.47. The van der Waals surface area contributed by atoms with Crippen molar-refractivity contribution < 1.29 is 14.6 Å². The quantitative estimate of drug-likeness (QED) is 0.878. The zero-order valence-electron chi connectivity index (χ0n) is 10.2. The number of aromatic carboxylic acids is 1. The summed E-state index contributed by atoms with van der Waals surface area (Å²) in [6.45, 7) is 0.561. The molecule has 0 atom stereocenters. The lowest BCUT2D eigenvalue weighted by Crippen LogP contribution is -2.07. The number of hydrogen-bond donors (Lipinski definition) is 1. The molecule has 18 heavy (non-hydrogen) atoms. The maximum absolute atomic E-state index is 11.1. The van der Waals surface area contributed by atoms with Crippen LogP contribution < -0.4 is 4.74 Å². The minimum Gasteiger partial charge on any atom is -0.493 e. The normalized spacial score (nSPS) is 15.8. The number of carboxylic acid groups (broad SMARTS) is 1. The highest BCUT2D eigenvalue weighted by Crippen LogP contribution is 2.29. The van der Waals surface area contributed by atoms with Crippen molar-refractivity contribution in [2.24, 2.45) is 5.92 Å². The van der Waals surface area contributed by atoms with Gasteiger partial charge in [0.15, 0.2) is 0 Å². The number of ether oxygens (including phenoxy) is 1. The molecule has 1 N–H and O–H groups in total. The zero-order valence-corrected chi connectivity index (χ0v) is 10.9. The van der Waals surface area contributed by atoms with Gasteiger partial charge in [0, 0.05) is 0 Å². The molecule has 4 heteroatoms. The Morgan fingerprint density at radius 1 is 1.39 bits per heavy atom. The maximum Gasteiger partial charge on any atom is 0.341 e. The Labute approximate surface area is 112 Å². The molecule has 1 aliphatic rings. The third-order valence-corrected chi connectivity index (χ3v) is 3.76. The van der Waals surface area contributed by atoms with Crippen LogP contribution in [-0.2, 0) is 0 Å². The minimum absolute atomic E-state index is 0.0607. The smallest absolute Gasteiger partial charge is 0.341 e. The highest BCUT2D eigenvalue weighted by atomic mass is 35.5. The van der Waals surface area contributed by atoms with Crippen LogP contribution in [0.4, 0.5) is 0 Å². The molecular weight excluding hydrogens is 252 g/mol. The molecule has 0 aliphatic heterocycles. The van der Waals surface area contributed by atoms with E-state index < -0.39 is 5.97 Å². The van der Waals surface area contributed by atoms with Crippen molar-refractivity contribution in [1.82, 2.24) is 0 Å². The van der Waals surface area contributed by atoms with Gasteiger partial charge in [0.05, 0.1) is 11.6 Å². The molecular formula is C14H17ClO3. The number of carboxylic acids is 1. The van der Waals surface area contributed by atoms with Gasteiger partial charge in [0.1, 0.15) is 11.3 Å². The van der Waals surface area contributed by atoms with E-state index in [1.807, 2.05) is 0 Å². The van der Waals surface area contributed by atoms with E-state index in [0.717, 1.165) is 12.3 Å². The third kappa shape index (κ3) is 3.16. The first-order valence-corrected chi connectivity index (χ1v) is 6.71. The van der Waals surface area contributed by atoms with Gasteiger partial charge in [-0.15, -0.1) is 0 Å². The Hall–Kier alpha value is -1.22. The number of hydrogen-bond acceptors (Lipinski definition) is 2. The lowest BCUT2D eigenvalue weighted by molar-refractivity contribution is 0.0692. The second-order valence-corrected chi connectivity index (χ2v) is 5.11. The Morgan fingerprint density at radius 3 is 2.78 bits per heavy atom. The van der Waals surface area contributed by atoms with Crippen molar-refractivity contribution in [3.8, 4) is 5.75 Å². The summed E-state index contributed by atoms with van der Waals surface area (Å²) >= 11 is 5.87. The van der Waals surface area contributed by atoms with Crippen molar-refractivity contribution in [2.45, 2.75) is 32.1 Å². The van der Waals surface area contributed by atoms with Crippen molar-refractivity contribution >= 4 is 17.6 Å². The number of rotatable bonds is 5. The van der Waals surface area contributed by atoms with Crippen LogP contribution in [0, 0.1) is 5.92 Å². The summed E-state index contributed by atoms with van der Waals surface area (Å²) in [5, 5.41) is 9.32. The largest absolute Gasteiger partial charge is 0.493 e. The first kappa shape index (κ1) is 13.2. The van der Waals surface area contributed by atoms with Crippen molar-refractivity contribution in [1.29, 1.82) is 0 Å². The molecule has 3 nitrogen and oxygen atoms in total. The molecule has 2 rings (SSSR count). The Balaban J connectivity index is 1.96. The van der Waals surface area contributed by atoms with Crippen molar-refractivity contribution in [3.05, 3.63) is 28.8 Å². The van der Waals surface area contributed by atoms with Gasteiger partial charge in [-0.05, 0) is 24.5 Å². The van der Waals surface area contributed by atoms with Crippen molar-refractivity contribution in [2.75, 3.05) is 6.61 Å². The average Bonchev–Trinajstić information content (AvgIpc) is 2.81. The van der Waals surface area contributed by atoms with Gasteiger partial charge in [-0.2, -0.15) is 0 Å². The Morgan fingerprint density at radius 2 is 2.11 bits per heavy atom. The van der Waals surface area contributed by atoms with Crippen LogP contribution in [0.25, 0.3) is 0 Å². The zero-order chi connectivity index (χ0) is 13.0. The third-order valence-electron chi connectivity index (χ3n) is 3.45. The molecule has 1 aromatic carbocycles. The van der Waals surface area contributed by atoms with Crippen LogP contribution in [-0.4, -0.2) is 17.7 Å². The summed E-state index contributed by atoms with van der Waals surface area (Å²) in [7, 11) is 0. The van der Waals surface area contributed by atoms with Gasteiger partial charge >= 0.3 is 5.97 Å². The minimum atomic E-state index is -1.04. The molecule has 0 unspecified atom stereocenters. The van der Waals surface area contributed by atoms with Crippen LogP contribution in [0.5, 0.6) is 5.75 Å². The molecule has 0 amide bonds. The van der Waals surface area contributed by atoms with E-state index in [0.29, 0.717) is 12.4 Å². The van der Waals surface area contributed by atoms with Gasteiger partial charge in [-0.3, -0.25) is 0 Å². The lowest BCUT2D eigenvalue weighted by atomic mass is 10.1. The molecule has 98 valence electrons. The highest BCUT2D eigenvalue weighted by molar-refractivity contribution is 6.33. The van der Waals surface area contributed by atoms with Crippen LogP contribution in [0.1, 0.15) is 42.5 Å². The summed E-state index contributed by atoms with van der Waals surface area (Å²) in [4.78, 5) is 11.1. The average molecular weight is 269 g/mol. The number of benzene rings is 1. The standard InChI is InChI=1S/C14H17ClO3/c15-11-6-3-7-12(13(11)14(16)17)18-9-8-10-4-1-2-5-10/h3,6-7,10H,1-2,4-5,8-9H2,(H,16,17). The number of carbonyl (C=O) groups is 1. The first-order chi connectivity index (χ1) is 8.68. The van der Waals surface area contributed by atoms with E-state index in [2.05, 4.69) is 0 Å². The molecule has 1 saturated carbocycles. The Bertz CT molecular complexity index is 425. The van der Waals surface area contributed by atoms with Gasteiger partial charge in [0.2, 0.25) is 0 Å². The van der Waals surface area contributed by atoms with E-state index >= 15 is 0 Å².